The van der Waals surface area contributed by atoms with E-state index in [0.29, 0.717) is 22.1 Å². The van der Waals surface area contributed by atoms with Crippen LogP contribution in [0.4, 0.5) is 0 Å². The largest absolute Gasteiger partial charge is 0.377 e. The Kier molecular flexibility index (Phi) is 9.51. The van der Waals surface area contributed by atoms with Gasteiger partial charge in [0.05, 0.1) is 34.2 Å². The quantitative estimate of drug-likeness (QED) is 0.485. The number of nitrogens with two attached hydrogens (primary N) is 1. The van der Waals surface area contributed by atoms with E-state index in [-0.39, 0.29) is 23.9 Å². The Bertz CT molecular complexity index is 254. The van der Waals surface area contributed by atoms with Crippen molar-refractivity contribution in [1.82, 2.24) is 4.90 Å². The molecule has 1 heterocycles. The fraction of sp³-hybridized carbons (Fsp3) is 0.800. The standard InChI is InChI=1S/C8H14INO2.C2H4INO/c1-6-4-12-5-7(2)10(6)8(11)3-9;3-1-2(4)5/h6-7H,3-5H2,1-2H3;1H2,(H2,4,5). The molecule has 1 rings (SSSR count). The summed E-state index contributed by atoms with van der Waals surface area (Å²) >= 11 is 4.01. The Hall–Kier alpha value is 0.360. The van der Waals surface area contributed by atoms with Gasteiger partial charge < -0.3 is 15.4 Å². The van der Waals surface area contributed by atoms with Crippen LogP contribution in [0.5, 0.6) is 0 Å². The van der Waals surface area contributed by atoms with Crippen LogP contribution in [-0.4, -0.2) is 50.9 Å². The molecule has 0 aromatic heterocycles. The highest BCUT2D eigenvalue weighted by atomic mass is 127. The van der Waals surface area contributed by atoms with Crippen LogP contribution in [0.2, 0.25) is 0 Å². The first-order chi connectivity index (χ1) is 7.93. The molecule has 1 saturated heterocycles. The number of primary amides is 1. The van der Waals surface area contributed by atoms with Gasteiger partial charge in [0.25, 0.3) is 0 Å². The fourth-order valence-electron chi connectivity index (χ4n) is 1.56. The van der Waals surface area contributed by atoms with Gasteiger partial charge in [-0.25, -0.2) is 0 Å². The predicted molar refractivity (Wildman–Crippen MR) is 83.6 cm³/mol. The van der Waals surface area contributed by atoms with Gasteiger partial charge >= 0.3 is 0 Å². The van der Waals surface area contributed by atoms with Crippen molar-refractivity contribution in [3.8, 4) is 0 Å². The number of hydrogen-bond acceptors (Lipinski definition) is 3. The smallest absolute Gasteiger partial charge is 0.233 e. The lowest BCUT2D eigenvalue weighted by atomic mass is 10.2. The summed E-state index contributed by atoms with van der Waals surface area (Å²) in [6.45, 7) is 5.40. The first-order valence-electron chi connectivity index (χ1n) is 5.23. The first-order valence-corrected chi connectivity index (χ1v) is 8.28. The highest BCUT2D eigenvalue weighted by molar-refractivity contribution is 14.1. The van der Waals surface area contributed by atoms with Crippen LogP contribution < -0.4 is 5.73 Å². The average Bonchev–Trinajstić information content (AvgIpc) is 2.29. The van der Waals surface area contributed by atoms with Gasteiger partial charge in [-0.05, 0) is 13.8 Å². The van der Waals surface area contributed by atoms with Gasteiger partial charge in [0.2, 0.25) is 11.8 Å². The molecular weight excluding hydrogens is 450 g/mol. The maximum Gasteiger partial charge on any atom is 0.233 e. The zero-order valence-corrected chi connectivity index (χ0v) is 14.3. The summed E-state index contributed by atoms with van der Waals surface area (Å²) in [5.41, 5.74) is 4.65. The third-order valence-corrected chi connectivity index (χ3v) is 3.61. The number of morpholine rings is 1. The lowest BCUT2D eigenvalue weighted by Crippen LogP contribution is -2.52. The zero-order valence-electron chi connectivity index (χ0n) is 9.99. The van der Waals surface area contributed by atoms with Crippen molar-refractivity contribution < 1.29 is 14.3 Å². The molecule has 1 fully saturated rings. The molecule has 100 valence electrons. The molecular formula is C10H18I2N2O3. The van der Waals surface area contributed by atoms with Crippen LogP contribution in [0.3, 0.4) is 0 Å². The number of carbonyl (C=O) groups is 2. The van der Waals surface area contributed by atoms with Crippen molar-refractivity contribution in [2.75, 3.05) is 22.1 Å². The summed E-state index contributed by atoms with van der Waals surface area (Å²) in [4.78, 5) is 23.0. The van der Waals surface area contributed by atoms with Gasteiger partial charge in [-0.2, -0.15) is 0 Å². The minimum Gasteiger partial charge on any atom is -0.377 e. The lowest BCUT2D eigenvalue weighted by molar-refractivity contribution is -0.140. The molecule has 1 aliphatic heterocycles. The van der Waals surface area contributed by atoms with Crippen LogP contribution in [0.15, 0.2) is 0 Å². The van der Waals surface area contributed by atoms with Gasteiger partial charge in [0.1, 0.15) is 0 Å². The van der Waals surface area contributed by atoms with Crippen LogP contribution in [0.1, 0.15) is 13.8 Å². The Balaban J connectivity index is 0.000000437. The van der Waals surface area contributed by atoms with Crippen molar-refractivity contribution in [2.24, 2.45) is 5.73 Å². The second-order valence-electron chi connectivity index (χ2n) is 3.77. The lowest BCUT2D eigenvalue weighted by Gasteiger charge is -2.38. The molecule has 0 saturated carbocycles. The van der Waals surface area contributed by atoms with Gasteiger partial charge in [0, 0.05) is 0 Å². The van der Waals surface area contributed by atoms with E-state index in [0.717, 1.165) is 0 Å². The van der Waals surface area contributed by atoms with Crippen molar-refractivity contribution in [3.63, 3.8) is 0 Å². The monoisotopic (exact) mass is 468 g/mol. The Morgan fingerprint density at radius 2 is 1.65 bits per heavy atom. The van der Waals surface area contributed by atoms with E-state index >= 15 is 0 Å². The summed E-state index contributed by atoms with van der Waals surface area (Å²) < 4.78 is 6.30. The number of rotatable bonds is 2. The third-order valence-electron chi connectivity index (χ3n) is 2.20. The summed E-state index contributed by atoms with van der Waals surface area (Å²) in [7, 11) is 0. The van der Waals surface area contributed by atoms with E-state index in [4.69, 9.17) is 4.74 Å². The van der Waals surface area contributed by atoms with E-state index in [1.807, 2.05) is 41.3 Å². The molecule has 2 unspecified atom stereocenters. The molecule has 1 aliphatic rings. The topological polar surface area (TPSA) is 72.6 Å². The first kappa shape index (κ1) is 17.4. The molecule has 0 radical (unpaired) electrons. The molecule has 0 aromatic carbocycles. The van der Waals surface area contributed by atoms with Gasteiger partial charge in [-0.3, -0.25) is 9.59 Å². The zero-order chi connectivity index (χ0) is 13.4. The van der Waals surface area contributed by atoms with E-state index in [2.05, 4.69) is 28.3 Å². The number of hydrogen-bond donors (Lipinski definition) is 1. The Morgan fingerprint density at radius 3 is 1.94 bits per heavy atom. The van der Waals surface area contributed by atoms with Crippen molar-refractivity contribution in [3.05, 3.63) is 0 Å². The van der Waals surface area contributed by atoms with Crippen LogP contribution in [0, 0.1) is 0 Å². The number of nitrogens with zero attached hydrogens (tertiary/aromatic N) is 1. The minimum atomic E-state index is -0.259. The highest BCUT2D eigenvalue weighted by Gasteiger charge is 2.28. The molecule has 5 nitrogen and oxygen atoms in total. The summed E-state index contributed by atoms with van der Waals surface area (Å²) in [6, 6.07) is 0.465. The minimum absolute atomic E-state index is 0.221. The van der Waals surface area contributed by atoms with E-state index < -0.39 is 0 Å². The highest BCUT2D eigenvalue weighted by Crippen LogP contribution is 2.13. The molecule has 0 aromatic rings. The predicted octanol–water partition coefficient (Wildman–Crippen LogP) is 0.964. The summed E-state index contributed by atoms with van der Waals surface area (Å²) in [6.07, 6.45) is 0. The number of halogens is 2. The van der Waals surface area contributed by atoms with Crippen LogP contribution in [-0.2, 0) is 14.3 Å². The van der Waals surface area contributed by atoms with Crippen LogP contribution >= 0.6 is 45.2 Å². The number of alkyl halides is 2. The molecule has 2 atom stereocenters. The number of amides is 2. The molecule has 0 aliphatic carbocycles. The molecule has 0 spiro atoms. The maximum absolute atomic E-state index is 11.5. The van der Waals surface area contributed by atoms with Gasteiger partial charge in [0.15, 0.2) is 0 Å². The molecule has 7 heteroatoms. The van der Waals surface area contributed by atoms with Crippen LogP contribution in [0.25, 0.3) is 0 Å². The molecule has 0 bridgehead atoms. The van der Waals surface area contributed by atoms with E-state index in [1.54, 1.807) is 0 Å². The van der Waals surface area contributed by atoms with Gasteiger partial charge in [-0.15, -0.1) is 0 Å². The normalized spacial score (nSPS) is 23.6. The molecule has 2 N–H and O–H groups in total. The second kappa shape index (κ2) is 9.31. The Morgan fingerprint density at radius 1 is 1.24 bits per heavy atom. The van der Waals surface area contributed by atoms with Crippen molar-refractivity contribution in [2.45, 2.75) is 25.9 Å². The second-order valence-corrected chi connectivity index (χ2v) is 5.30. The number of carbonyl (C=O) groups excluding carboxylic acids is 2. The molecule has 2 amide bonds. The average molecular weight is 468 g/mol. The molecule has 17 heavy (non-hydrogen) atoms. The Labute approximate surface area is 129 Å². The summed E-state index contributed by atoms with van der Waals surface area (Å²) in [5, 5.41) is 0. The van der Waals surface area contributed by atoms with Gasteiger partial charge in [-0.1, -0.05) is 45.2 Å². The van der Waals surface area contributed by atoms with E-state index in [9.17, 15) is 9.59 Å². The van der Waals surface area contributed by atoms with E-state index in [1.165, 1.54) is 0 Å². The third kappa shape index (κ3) is 6.75. The summed E-state index contributed by atoms with van der Waals surface area (Å²) in [5.74, 6) is -0.0375. The van der Waals surface area contributed by atoms with Crippen molar-refractivity contribution >= 4 is 57.0 Å². The number of ether oxygens (including phenoxy) is 1. The maximum atomic E-state index is 11.5. The van der Waals surface area contributed by atoms with Crippen molar-refractivity contribution in [1.29, 1.82) is 0 Å². The fourth-order valence-corrected chi connectivity index (χ4v) is 1.96. The SMILES string of the molecule is CC1COCC(C)N1C(=O)CI.NC(=O)CI.